The summed E-state index contributed by atoms with van der Waals surface area (Å²) in [7, 11) is 0. The quantitative estimate of drug-likeness (QED) is 0.761. The number of nitrogens with one attached hydrogen (secondary N) is 1. The Morgan fingerprint density at radius 2 is 2.00 bits per heavy atom. The van der Waals surface area contributed by atoms with E-state index in [1.54, 1.807) is 11.9 Å². The summed E-state index contributed by atoms with van der Waals surface area (Å²) in [5.41, 5.74) is 9.79. The third kappa shape index (κ3) is 4.11. The van der Waals surface area contributed by atoms with E-state index in [4.69, 9.17) is 5.73 Å². The Kier molecular flexibility index (Phi) is 5.68. The molecule has 0 atom stereocenters. The predicted octanol–water partition coefficient (Wildman–Crippen LogP) is 2.10. The third-order valence-corrected chi connectivity index (χ3v) is 5.78. The van der Waals surface area contributed by atoms with E-state index >= 15 is 0 Å². The molecule has 7 heteroatoms. The highest BCUT2D eigenvalue weighted by molar-refractivity contribution is 7.97. The van der Waals surface area contributed by atoms with Gasteiger partial charge in [0, 0.05) is 43.7 Å². The lowest BCUT2D eigenvalue weighted by molar-refractivity contribution is -0.118. The lowest BCUT2D eigenvalue weighted by atomic mass is 10.0. The molecule has 26 heavy (non-hydrogen) atoms. The molecule has 1 aliphatic heterocycles. The van der Waals surface area contributed by atoms with Crippen LogP contribution in [0.1, 0.15) is 34.2 Å². The van der Waals surface area contributed by atoms with E-state index in [9.17, 15) is 9.59 Å². The number of aromatic nitrogens is 1. The monoisotopic (exact) mass is 372 g/mol. The number of benzene rings is 1. The molecule has 0 aliphatic carbocycles. The predicted molar refractivity (Wildman–Crippen MR) is 103 cm³/mol. The first kappa shape index (κ1) is 18.5. The molecule has 0 bridgehead atoms. The number of carbonyl (C=O) groups is 2. The fraction of sp³-hybridized carbons (Fsp3) is 0.368. The van der Waals surface area contributed by atoms with Crippen LogP contribution in [0.25, 0.3) is 0 Å². The van der Waals surface area contributed by atoms with Crippen molar-refractivity contribution in [1.29, 1.82) is 0 Å². The van der Waals surface area contributed by atoms with Crippen molar-refractivity contribution in [2.45, 2.75) is 38.3 Å². The first-order chi connectivity index (χ1) is 12.5. The summed E-state index contributed by atoms with van der Waals surface area (Å²) < 4.78 is 4.20. The van der Waals surface area contributed by atoms with Gasteiger partial charge in [0.15, 0.2) is 0 Å². The molecule has 0 saturated carbocycles. The van der Waals surface area contributed by atoms with Gasteiger partial charge in [0.2, 0.25) is 5.91 Å². The Morgan fingerprint density at radius 1 is 1.27 bits per heavy atom. The summed E-state index contributed by atoms with van der Waals surface area (Å²) in [5, 5.41) is 2.76. The van der Waals surface area contributed by atoms with Gasteiger partial charge in [0.25, 0.3) is 5.91 Å². The Hall–Kier alpha value is -2.25. The van der Waals surface area contributed by atoms with Gasteiger partial charge < -0.3 is 15.6 Å². The van der Waals surface area contributed by atoms with Crippen molar-refractivity contribution < 1.29 is 9.59 Å². The molecule has 3 N–H and O–H groups in total. The molecular weight excluding hydrogens is 348 g/mol. The molecule has 1 aromatic heterocycles. The lowest BCUT2D eigenvalue weighted by Crippen LogP contribution is -2.27. The second-order valence-electron chi connectivity index (χ2n) is 6.45. The standard InChI is InChI=1S/C19H24N4O2S/c1-13-18(11-17(19(20)25)23(13)10-8-21-14(2)24)26-22-9-7-15-5-3-4-6-16(15)12-22/h3-6,11H,7-10,12H2,1-2H3,(H2,20,25)(H,21,24). The summed E-state index contributed by atoms with van der Waals surface area (Å²) in [6.45, 7) is 6.29. The van der Waals surface area contributed by atoms with Crippen LogP contribution < -0.4 is 11.1 Å². The van der Waals surface area contributed by atoms with Crippen molar-refractivity contribution in [2.75, 3.05) is 13.1 Å². The highest BCUT2D eigenvalue weighted by Crippen LogP contribution is 2.33. The first-order valence-corrected chi connectivity index (χ1v) is 9.47. The molecule has 2 aromatic rings. The molecule has 1 aliphatic rings. The van der Waals surface area contributed by atoms with Crippen LogP contribution in [0.4, 0.5) is 0 Å². The number of carbonyl (C=O) groups excluding carboxylic acids is 2. The molecule has 0 fully saturated rings. The van der Waals surface area contributed by atoms with Gasteiger partial charge in [-0.05, 0) is 42.5 Å². The molecule has 0 saturated heterocycles. The van der Waals surface area contributed by atoms with Gasteiger partial charge in [-0.2, -0.15) is 0 Å². The minimum Gasteiger partial charge on any atom is -0.364 e. The van der Waals surface area contributed by atoms with Crippen LogP contribution in [0.5, 0.6) is 0 Å². The zero-order chi connectivity index (χ0) is 18.7. The summed E-state index contributed by atoms with van der Waals surface area (Å²) in [4.78, 5) is 23.9. The van der Waals surface area contributed by atoms with Gasteiger partial charge in [0.1, 0.15) is 5.69 Å². The SMILES string of the molecule is CC(=O)NCCn1c(C(N)=O)cc(SN2CCc3ccccc3C2)c1C. The molecule has 0 spiro atoms. The van der Waals surface area contributed by atoms with Crippen molar-refractivity contribution in [3.8, 4) is 0 Å². The Morgan fingerprint density at radius 3 is 2.69 bits per heavy atom. The minimum absolute atomic E-state index is 0.0861. The number of fused-ring (bicyclic) bond motifs is 1. The van der Waals surface area contributed by atoms with Crippen molar-refractivity contribution >= 4 is 23.8 Å². The van der Waals surface area contributed by atoms with Gasteiger partial charge in [-0.15, -0.1) is 0 Å². The maximum atomic E-state index is 11.8. The van der Waals surface area contributed by atoms with Crippen molar-refractivity contribution in [1.82, 2.24) is 14.2 Å². The lowest BCUT2D eigenvalue weighted by Gasteiger charge is -2.27. The molecular formula is C19H24N4O2S. The zero-order valence-corrected chi connectivity index (χ0v) is 15.9. The van der Waals surface area contributed by atoms with Gasteiger partial charge in [0.05, 0.1) is 0 Å². The van der Waals surface area contributed by atoms with Crippen LogP contribution >= 0.6 is 11.9 Å². The van der Waals surface area contributed by atoms with Crippen molar-refractivity contribution in [3.05, 3.63) is 52.8 Å². The van der Waals surface area contributed by atoms with Crippen molar-refractivity contribution in [3.63, 3.8) is 0 Å². The first-order valence-electron chi connectivity index (χ1n) is 8.69. The van der Waals surface area contributed by atoms with Crippen LogP contribution in [0.15, 0.2) is 35.2 Å². The number of hydrogen-bond donors (Lipinski definition) is 2. The second-order valence-corrected chi connectivity index (χ2v) is 7.59. The molecule has 138 valence electrons. The van der Waals surface area contributed by atoms with E-state index in [-0.39, 0.29) is 5.91 Å². The Bertz CT molecular complexity index is 831. The Labute approximate surface area is 157 Å². The smallest absolute Gasteiger partial charge is 0.265 e. The second kappa shape index (κ2) is 7.97. The molecule has 3 rings (SSSR count). The van der Waals surface area contributed by atoms with Crippen molar-refractivity contribution in [2.24, 2.45) is 5.73 Å². The highest BCUT2D eigenvalue weighted by atomic mass is 32.2. The largest absolute Gasteiger partial charge is 0.364 e. The number of nitrogens with two attached hydrogens (primary N) is 1. The van der Waals surface area contributed by atoms with Crippen LogP contribution in [0, 0.1) is 6.92 Å². The molecule has 1 aromatic carbocycles. The van der Waals surface area contributed by atoms with Crippen LogP contribution in [-0.2, 0) is 24.3 Å². The fourth-order valence-corrected chi connectivity index (χ4v) is 4.31. The van der Waals surface area contributed by atoms with Crippen LogP contribution in [-0.4, -0.2) is 33.8 Å². The summed E-state index contributed by atoms with van der Waals surface area (Å²) in [5.74, 6) is -0.538. The third-order valence-electron chi connectivity index (χ3n) is 4.60. The summed E-state index contributed by atoms with van der Waals surface area (Å²) in [6.07, 6.45) is 1.02. The van der Waals surface area contributed by atoms with E-state index in [0.29, 0.717) is 18.8 Å². The fourth-order valence-electron chi connectivity index (χ4n) is 3.24. The Balaban J connectivity index is 1.76. The van der Waals surface area contributed by atoms with E-state index in [0.717, 1.165) is 30.1 Å². The molecule has 0 unspecified atom stereocenters. The normalized spacial score (nSPS) is 14.1. The number of primary amides is 1. The molecule has 2 amide bonds. The zero-order valence-electron chi connectivity index (χ0n) is 15.1. The maximum absolute atomic E-state index is 11.8. The number of nitrogens with zero attached hydrogens (tertiary/aromatic N) is 2. The van der Waals surface area contributed by atoms with E-state index in [1.165, 1.54) is 18.1 Å². The average Bonchev–Trinajstić information content (AvgIpc) is 2.91. The summed E-state index contributed by atoms with van der Waals surface area (Å²) in [6, 6.07) is 10.4. The molecule has 0 radical (unpaired) electrons. The van der Waals surface area contributed by atoms with Gasteiger partial charge in [-0.25, -0.2) is 4.31 Å². The van der Waals surface area contributed by atoms with Gasteiger partial charge in [-0.1, -0.05) is 24.3 Å². The van der Waals surface area contributed by atoms with Gasteiger partial charge in [-0.3, -0.25) is 9.59 Å². The van der Waals surface area contributed by atoms with Crippen LogP contribution in [0.3, 0.4) is 0 Å². The number of amides is 2. The maximum Gasteiger partial charge on any atom is 0.265 e. The highest BCUT2D eigenvalue weighted by Gasteiger charge is 2.21. The summed E-state index contributed by atoms with van der Waals surface area (Å²) >= 11 is 1.66. The minimum atomic E-state index is -0.452. The molecule has 2 heterocycles. The average molecular weight is 372 g/mol. The topological polar surface area (TPSA) is 80.4 Å². The molecule has 6 nitrogen and oxygen atoms in total. The number of rotatable bonds is 6. The van der Waals surface area contributed by atoms with E-state index in [1.807, 2.05) is 17.6 Å². The van der Waals surface area contributed by atoms with E-state index in [2.05, 4.69) is 33.9 Å². The van der Waals surface area contributed by atoms with Crippen LogP contribution in [0.2, 0.25) is 0 Å². The van der Waals surface area contributed by atoms with E-state index < -0.39 is 5.91 Å². The van der Waals surface area contributed by atoms with Gasteiger partial charge >= 0.3 is 0 Å². The number of hydrogen-bond acceptors (Lipinski definition) is 4.